The third kappa shape index (κ3) is 3.91. The summed E-state index contributed by atoms with van der Waals surface area (Å²) in [5.41, 5.74) is 0.932. The van der Waals surface area contributed by atoms with Crippen LogP contribution in [-0.2, 0) is 6.61 Å². The molecule has 0 heterocycles. The van der Waals surface area contributed by atoms with Gasteiger partial charge in [-0.25, -0.2) is 8.78 Å². The van der Waals surface area contributed by atoms with Crippen LogP contribution in [0.25, 0.3) is 6.08 Å². The molecule has 0 aliphatic carbocycles. The smallest absolute Gasteiger partial charge is 0.132 e. The van der Waals surface area contributed by atoms with Crippen molar-refractivity contribution >= 4 is 6.08 Å². The molecular formula is C17H10F2N2O. The van der Waals surface area contributed by atoms with Crippen molar-refractivity contribution in [1.29, 1.82) is 10.5 Å². The maximum Gasteiger partial charge on any atom is 0.132 e. The van der Waals surface area contributed by atoms with E-state index in [0.29, 0.717) is 11.3 Å². The van der Waals surface area contributed by atoms with Crippen molar-refractivity contribution in [2.45, 2.75) is 6.61 Å². The van der Waals surface area contributed by atoms with Crippen LogP contribution in [-0.4, -0.2) is 0 Å². The predicted octanol–water partition coefficient (Wildman–Crippen LogP) is 3.97. The number of hydrogen-bond acceptors (Lipinski definition) is 3. The highest BCUT2D eigenvalue weighted by Crippen LogP contribution is 2.17. The van der Waals surface area contributed by atoms with E-state index in [9.17, 15) is 8.78 Å². The van der Waals surface area contributed by atoms with Crippen LogP contribution < -0.4 is 4.74 Å². The molecule has 0 atom stereocenters. The second-order valence-electron chi connectivity index (χ2n) is 4.38. The van der Waals surface area contributed by atoms with Crippen molar-refractivity contribution in [2.75, 3.05) is 0 Å². The summed E-state index contributed by atoms with van der Waals surface area (Å²) in [6, 6.07) is 13.5. The second kappa shape index (κ2) is 7.01. The van der Waals surface area contributed by atoms with E-state index in [1.165, 1.54) is 18.2 Å². The number of ether oxygens (including phenoxy) is 1. The van der Waals surface area contributed by atoms with Gasteiger partial charge in [0.15, 0.2) is 0 Å². The lowest BCUT2D eigenvalue weighted by Crippen LogP contribution is -1.99. The molecule has 0 amide bonds. The van der Waals surface area contributed by atoms with Crippen molar-refractivity contribution in [3.63, 3.8) is 0 Å². The van der Waals surface area contributed by atoms with Crippen LogP contribution in [0.4, 0.5) is 8.78 Å². The minimum atomic E-state index is -0.660. The number of halogens is 2. The second-order valence-corrected chi connectivity index (χ2v) is 4.38. The molecule has 0 saturated heterocycles. The molecule has 0 aliphatic heterocycles. The van der Waals surface area contributed by atoms with Crippen LogP contribution >= 0.6 is 0 Å². The molecule has 2 aromatic carbocycles. The minimum Gasteiger partial charge on any atom is -0.489 e. The summed E-state index contributed by atoms with van der Waals surface area (Å²) < 4.78 is 31.6. The molecule has 22 heavy (non-hydrogen) atoms. The van der Waals surface area contributed by atoms with Crippen LogP contribution in [0.1, 0.15) is 11.1 Å². The van der Waals surface area contributed by atoms with Gasteiger partial charge in [0.05, 0.1) is 0 Å². The summed E-state index contributed by atoms with van der Waals surface area (Å²) in [4.78, 5) is 0. The summed E-state index contributed by atoms with van der Waals surface area (Å²) in [5, 5.41) is 17.3. The van der Waals surface area contributed by atoms with Crippen LogP contribution in [0.15, 0.2) is 48.0 Å². The summed E-state index contributed by atoms with van der Waals surface area (Å²) >= 11 is 0. The third-order valence-electron chi connectivity index (χ3n) is 2.84. The Morgan fingerprint density at radius 2 is 1.73 bits per heavy atom. The summed E-state index contributed by atoms with van der Waals surface area (Å²) in [6.07, 6.45) is 1.45. The average Bonchev–Trinajstić information content (AvgIpc) is 2.53. The van der Waals surface area contributed by atoms with Gasteiger partial charge in [-0.3, -0.25) is 0 Å². The quantitative estimate of drug-likeness (QED) is 0.802. The molecular weight excluding hydrogens is 286 g/mol. The van der Waals surface area contributed by atoms with Crippen LogP contribution in [0.5, 0.6) is 5.75 Å². The Labute approximate surface area is 126 Å². The highest BCUT2D eigenvalue weighted by molar-refractivity contribution is 5.62. The zero-order valence-corrected chi connectivity index (χ0v) is 11.4. The highest BCUT2D eigenvalue weighted by atomic mass is 19.1. The Balaban J connectivity index is 2.05. The molecule has 2 aromatic rings. The topological polar surface area (TPSA) is 56.8 Å². The van der Waals surface area contributed by atoms with Gasteiger partial charge in [-0.2, -0.15) is 10.5 Å². The number of hydrogen-bond donors (Lipinski definition) is 0. The van der Waals surface area contributed by atoms with Crippen molar-refractivity contribution < 1.29 is 13.5 Å². The standard InChI is InChI=1S/C17H10F2N2O/c18-15-4-3-14(17(19)8-15)11-22-16-5-1-12(2-6-16)7-13(9-20)10-21/h1-8H,11H2. The first kappa shape index (κ1) is 15.2. The Hall–Kier alpha value is -3.18. The molecule has 0 bridgehead atoms. The van der Waals surface area contributed by atoms with Gasteiger partial charge < -0.3 is 4.74 Å². The monoisotopic (exact) mass is 296 g/mol. The molecule has 0 spiro atoms. The number of rotatable bonds is 4. The first-order valence-corrected chi connectivity index (χ1v) is 6.31. The number of nitrogens with zero attached hydrogens (tertiary/aromatic N) is 2. The van der Waals surface area contributed by atoms with Gasteiger partial charge in [0.1, 0.15) is 41.7 Å². The lowest BCUT2D eigenvalue weighted by Gasteiger charge is -2.07. The lowest BCUT2D eigenvalue weighted by molar-refractivity contribution is 0.299. The first-order chi connectivity index (χ1) is 10.6. The van der Waals surface area contributed by atoms with Gasteiger partial charge >= 0.3 is 0 Å². The Kier molecular flexibility index (Phi) is 4.85. The molecule has 0 unspecified atom stereocenters. The zero-order chi connectivity index (χ0) is 15.9. The van der Waals surface area contributed by atoms with Crippen molar-refractivity contribution in [2.24, 2.45) is 0 Å². The van der Waals surface area contributed by atoms with Gasteiger partial charge in [-0.1, -0.05) is 12.1 Å². The average molecular weight is 296 g/mol. The van der Waals surface area contributed by atoms with Crippen molar-refractivity contribution in [3.8, 4) is 17.9 Å². The van der Waals surface area contributed by atoms with E-state index in [2.05, 4.69) is 0 Å². The van der Waals surface area contributed by atoms with Crippen molar-refractivity contribution in [1.82, 2.24) is 0 Å². The lowest BCUT2D eigenvalue weighted by atomic mass is 10.1. The zero-order valence-electron chi connectivity index (χ0n) is 11.4. The predicted molar refractivity (Wildman–Crippen MR) is 76.3 cm³/mol. The van der Waals surface area contributed by atoms with E-state index in [1.807, 2.05) is 0 Å². The Bertz CT molecular complexity index is 768. The molecule has 2 rings (SSSR count). The fourth-order valence-corrected chi connectivity index (χ4v) is 1.72. The molecule has 0 aliphatic rings. The van der Waals surface area contributed by atoms with Gasteiger partial charge in [-0.05, 0) is 35.9 Å². The molecule has 0 fully saturated rings. The molecule has 0 radical (unpaired) electrons. The Morgan fingerprint density at radius 3 is 2.32 bits per heavy atom. The fourth-order valence-electron chi connectivity index (χ4n) is 1.72. The number of allylic oxidation sites excluding steroid dienone is 1. The number of nitriles is 2. The summed E-state index contributed by atoms with van der Waals surface area (Å²) in [7, 11) is 0. The number of benzene rings is 2. The molecule has 3 nitrogen and oxygen atoms in total. The van der Waals surface area contributed by atoms with Gasteiger partial charge in [-0.15, -0.1) is 0 Å². The summed E-state index contributed by atoms with van der Waals surface area (Å²) in [5.74, 6) is -0.799. The van der Waals surface area contributed by atoms with E-state index in [-0.39, 0.29) is 17.7 Å². The van der Waals surface area contributed by atoms with Crippen LogP contribution in [0.3, 0.4) is 0 Å². The van der Waals surface area contributed by atoms with Gasteiger partial charge in [0.25, 0.3) is 0 Å². The van der Waals surface area contributed by atoms with E-state index < -0.39 is 11.6 Å². The highest BCUT2D eigenvalue weighted by Gasteiger charge is 2.04. The summed E-state index contributed by atoms with van der Waals surface area (Å²) in [6.45, 7) is -0.0249. The van der Waals surface area contributed by atoms with E-state index in [4.69, 9.17) is 15.3 Å². The SMILES string of the molecule is N#CC(C#N)=Cc1ccc(OCc2ccc(F)cc2F)cc1. The van der Waals surface area contributed by atoms with Crippen LogP contribution in [0, 0.1) is 34.3 Å². The fraction of sp³-hybridized carbons (Fsp3) is 0.0588. The molecule has 0 aromatic heterocycles. The van der Waals surface area contributed by atoms with Gasteiger partial charge in [0.2, 0.25) is 0 Å². The minimum absolute atomic E-state index is 0.00190. The molecule has 5 heteroatoms. The van der Waals surface area contributed by atoms with E-state index >= 15 is 0 Å². The molecule has 0 saturated carbocycles. The largest absolute Gasteiger partial charge is 0.489 e. The van der Waals surface area contributed by atoms with Gasteiger partial charge in [0, 0.05) is 11.6 Å². The van der Waals surface area contributed by atoms with Crippen LogP contribution in [0.2, 0.25) is 0 Å². The Morgan fingerprint density at radius 1 is 1.05 bits per heavy atom. The van der Waals surface area contributed by atoms with E-state index in [0.717, 1.165) is 6.07 Å². The molecule has 0 N–H and O–H groups in total. The van der Waals surface area contributed by atoms with E-state index in [1.54, 1.807) is 36.4 Å². The maximum absolute atomic E-state index is 13.4. The first-order valence-electron chi connectivity index (χ1n) is 6.31. The molecule has 108 valence electrons. The normalized spacial score (nSPS) is 9.45. The van der Waals surface area contributed by atoms with Crippen molar-refractivity contribution in [3.05, 3.63) is 70.8 Å². The maximum atomic E-state index is 13.4. The third-order valence-corrected chi connectivity index (χ3v) is 2.84.